The third kappa shape index (κ3) is 5.74. The fourth-order valence-electron chi connectivity index (χ4n) is 2.83. The van der Waals surface area contributed by atoms with E-state index >= 15 is 0 Å². The highest BCUT2D eigenvalue weighted by Gasteiger charge is 2.35. The average Bonchev–Trinajstić information content (AvgIpc) is 2.61. The van der Waals surface area contributed by atoms with E-state index in [9.17, 15) is 18.8 Å². The predicted octanol–water partition coefficient (Wildman–Crippen LogP) is 2.53. The van der Waals surface area contributed by atoms with Gasteiger partial charge in [-0.2, -0.15) is 0 Å². The molecule has 0 spiro atoms. The van der Waals surface area contributed by atoms with E-state index in [0.717, 1.165) is 0 Å². The minimum absolute atomic E-state index is 0.0322. The third-order valence-corrected chi connectivity index (χ3v) is 4.21. The SMILES string of the molecule is CCC(=O)C(C(C)C)[C@H](N)C(=O)N(CCC(=O)CF)c1ccccc1. The van der Waals surface area contributed by atoms with Gasteiger partial charge in [-0.25, -0.2) is 4.39 Å². The van der Waals surface area contributed by atoms with Crippen LogP contribution < -0.4 is 10.6 Å². The van der Waals surface area contributed by atoms with Gasteiger partial charge in [-0.3, -0.25) is 14.4 Å². The standard InChI is InChI=1S/C19H27FN2O3/c1-4-16(24)17(13(2)3)18(21)19(25)22(11-10-15(23)12-20)14-8-6-5-7-9-14/h5-9,13,17-18H,4,10-12,21H2,1-3H3/t17?,18-/m0/s1. The van der Waals surface area contributed by atoms with Crippen LogP contribution in [0.1, 0.15) is 33.6 Å². The molecule has 0 bridgehead atoms. The molecule has 0 saturated carbocycles. The molecule has 1 unspecified atom stereocenters. The number of carbonyl (C=O) groups is 3. The molecule has 1 aromatic carbocycles. The summed E-state index contributed by atoms with van der Waals surface area (Å²) in [5.74, 6) is -1.76. The highest BCUT2D eigenvalue weighted by molar-refractivity contribution is 6.01. The van der Waals surface area contributed by atoms with Crippen LogP contribution in [0.15, 0.2) is 30.3 Å². The first-order valence-electron chi connectivity index (χ1n) is 8.55. The second-order valence-corrected chi connectivity index (χ2v) is 6.36. The first kappa shape index (κ1) is 21.0. The van der Waals surface area contributed by atoms with Crippen molar-refractivity contribution in [2.75, 3.05) is 18.1 Å². The van der Waals surface area contributed by atoms with Crippen LogP contribution in [0.3, 0.4) is 0 Å². The minimum Gasteiger partial charge on any atom is -0.319 e. The van der Waals surface area contributed by atoms with Crippen LogP contribution in [0, 0.1) is 11.8 Å². The number of hydrogen-bond acceptors (Lipinski definition) is 4. The highest BCUT2D eigenvalue weighted by atomic mass is 19.1. The van der Waals surface area contributed by atoms with E-state index in [1.807, 2.05) is 13.8 Å². The molecule has 0 aliphatic rings. The zero-order valence-corrected chi connectivity index (χ0v) is 15.1. The Morgan fingerprint density at radius 2 is 1.76 bits per heavy atom. The number of nitrogens with two attached hydrogens (primary N) is 1. The lowest BCUT2D eigenvalue weighted by atomic mass is 9.83. The summed E-state index contributed by atoms with van der Waals surface area (Å²) in [5, 5.41) is 0. The second kappa shape index (κ2) is 10.0. The van der Waals surface area contributed by atoms with Crippen molar-refractivity contribution < 1.29 is 18.8 Å². The van der Waals surface area contributed by atoms with Crippen molar-refractivity contribution >= 4 is 23.2 Å². The fraction of sp³-hybridized carbons (Fsp3) is 0.526. The molecule has 1 amide bonds. The van der Waals surface area contributed by atoms with Gasteiger partial charge in [0.05, 0.1) is 6.04 Å². The summed E-state index contributed by atoms with van der Waals surface area (Å²) < 4.78 is 12.5. The maximum Gasteiger partial charge on any atom is 0.244 e. The van der Waals surface area contributed by atoms with Crippen molar-refractivity contribution in [2.45, 2.75) is 39.7 Å². The molecule has 1 rings (SSSR count). The molecule has 2 N–H and O–H groups in total. The molecule has 0 fully saturated rings. The monoisotopic (exact) mass is 350 g/mol. The van der Waals surface area contributed by atoms with Crippen molar-refractivity contribution in [3.8, 4) is 0 Å². The van der Waals surface area contributed by atoms with Gasteiger partial charge in [-0.15, -0.1) is 0 Å². The molecule has 0 radical (unpaired) electrons. The summed E-state index contributed by atoms with van der Waals surface area (Å²) in [6.45, 7) is 4.41. The van der Waals surface area contributed by atoms with E-state index < -0.39 is 30.3 Å². The minimum atomic E-state index is -1.06. The fourth-order valence-corrected chi connectivity index (χ4v) is 2.83. The molecule has 1 aromatic rings. The number of nitrogens with zero attached hydrogens (tertiary/aromatic N) is 1. The van der Waals surface area contributed by atoms with Gasteiger partial charge in [-0.1, -0.05) is 39.0 Å². The zero-order valence-electron chi connectivity index (χ0n) is 15.1. The molecule has 0 saturated heterocycles. The second-order valence-electron chi connectivity index (χ2n) is 6.36. The number of para-hydroxylation sites is 1. The molecule has 25 heavy (non-hydrogen) atoms. The van der Waals surface area contributed by atoms with E-state index in [0.29, 0.717) is 12.1 Å². The quantitative estimate of drug-likeness (QED) is 0.703. The molecule has 138 valence electrons. The predicted molar refractivity (Wildman–Crippen MR) is 96.0 cm³/mol. The van der Waals surface area contributed by atoms with Gasteiger partial charge in [0.15, 0.2) is 5.78 Å². The molecule has 0 aliphatic heterocycles. The highest BCUT2D eigenvalue weighted by Crippen LogP contribution is 2.22. The van der Waals surface area contributed by atoms with Gasteiger partial charge >= 0.3 is 0 Å². The van der Waals surface area contributed by atoms with Crippen LogP contribution in [-0.4, -0.2) is 36.7 Å². The van der Waals surface area contributed by atoms with E-state index in [4.69, 9.17) is 5.73 Å². The molecule has 0 heterocycles. The van der Waals surface area contributed by atoms with Crippen LogP contribution in [0.5, 0.6) is 0 Å². The first-order chi connectivity index (χ1) is 11.8. The molecular weight excluding hydrogens is 323 g/mol. The normalized spacial score (nSPS) is 13.4. The number of ketones is 2. The summed E-state index contributed by atoms with van der Waals surface area (Å²) in [6.07, 6.45) is 0.202. The third-order valence-electron chi connectivity index (χ3n) is 4.21. The van der Waals surface area contributed by atoms with Crippen molar-refractivity contribution in [3.63, 3.8) is 0 Å². The number of alkyl halides is 1. The van der Waals surface area contributed by atoms with Crippen LogP contribution in [0.2, 0.25) is 0 Å². The molecule has 5 nitrogen and oxygen atoms in total. The average molecular weight is 350 g/mol. The van der Waals surface area contributed by atoms with Crippen molar-refractivity contribution in [1.29, 1.82) is 0 Å². The van der Waals surface area contributed by atoms with Gasteiger partial charge in [0.25, 0.3) is 0 Å². The molecule has 0 aliphatic carbocycles. The number of anilines is 1. The number of amides is 1. The van der Waals surface area contributed by atoms with Crippen LogP contribution in [-0.2, 0) is 14.4 Å². The Bertz CT molecular complexity index is 590. The molecule has 0 aromatic heterocycles. The Morgan fingerprint density at radius 3 is 2.24 bits per heavy atom. The van der Waals surface area contributed by atoms with Gasteiger partial charge in [0, 0.05) is 31.0 Å². The Labute approximate surface area is 148 Å². The number of hydrogen-bond donors (Lipinski definition) is 1. The molecule has 2 atom stereocenters. The van der Waals surface area contributed by atoms with Gasteiger partial charge in [-0.05, 0) is 18.1 Å². The van der Waals surface area contributed by atoms with Crippen LogP contribution in [0.25, 0.3) is 0 Å². The van der Waals surface area contributed by atoms with Crippen LogP contribution >= 0.6 is 0 Å². The number of carbonyl (C=O) groups excluding carboxylic acids is 3. The summed E-state index contributed by atoms with van der Waals surface area (Å²) >= 11 is 0. The Hall–Kier alpha value is -2.08. The van der Waals surface area contributed by atoms with Gasteiger partial charge in [0.1, 0.15) is 12.5 Å². The van der Waals surface area contributed by atoms with E-state index in [1.165, 1.54) is 4.90 Å². The van der Waals surface area contributed by atoms with Crippen molar-refractivity contribution in [3.05, 3.63) is 30.3 Å². The first-order valence-corrected chi connectivity index (χ1v) is 8.55. The van der Waals surface area contributed by atoms with Gasteiger partial charge < -0.3 is 10.6 Å². The topological polar surface area (TPSA) is 80.5 Å². The molecule has 6 heteroatoms. The van der Waals surface area contributed by atoms with Crippen LogP contribution in [0.4, 0.5) is 10.1 Å². The molecular formula is C19H27FN2O3. The summed E-state index contributed by atoms with van der Waals surface area (Å²) in [7, 11) is 0. The largest absolute Gasteiger partial charge is 0.319 e. The lowest BCUT2D eigenvalue weighted by Gasteiger charge is -2.31. The maximum atomic E-state index is 13.0. The van der Waals surface area contributed by atoms with E-state index in [2.05, 4.69) is 0 Å². The van der Waals surface area contributed by atoms with Crippen molar-refractivity contribution in [2.24, 2.45) is 17.6 Å². The van der Waals surface area contributed by atoms with E-state index in [1.54, 1.807) is 37.3 Å². The Morgan fingerprint density at radius 1 is 1.16 bits per heavy atom. The number of halogens is 1. The summed E-state index contributed by atoms with van der Waals surface area (Å²) in [6, 6.07) is 7.75. The Balaban J connectivity index is 3.08. The maximum absolute atomic E-state index is 13.0. The summed E-state index contributed by atoms with van der Waals surface area (Å²) in [5.41, 5.74) is 6.72. The zero-order chi connectivity index (χ0) is 19.0. The van der Waals surface area contributed by atoms with E-state index in [-0.39, 0.29) is 24.7 Å². The lowest BCUT2D eigenvalue weighted by Crippen LogP contribution is -2.52. The number of rotatable bonds is 10. The van der Waals surface area contributed by atoms with Crippen molar-refractivity contribution in [1.82, 2.24) is 0 Å². The summed E-state index contributed by atoms with van der Waals surface area (Å²) in [4.78, 5) is 37.9. The lowest BCUT2D eigenvalue weighted by molar-refractivity contribution is -0.130. The Kier molecular flexibility index (Phi) is 8.41. The smallest absolute Gasteiger partial charge is 0.244 e. The number of benzene rings is 1. The number of Topliss-reactive ketones (excluding diaryl/α,β-unsaturated/α-hetero) is 2. The van der Waals surface area contributed by atoms with Gasteiger partial charge in [0.2, 0.25) is 5.91 Å².